The van der Waals surface area contributed by atoms with E-state index in [0.29, 0.717) is 23.0 Å². The Labute approximate surface area is 127 Å². The molecule has 5 heteroatoms. The molecule has 0 unspecified atom stereocenters. The first-order valence-electron chi connectivity index (χ1n) is 7.24. The minimum Gasteiger partial charge on any atom is -0.380 e. The highest BCUT2D eigenvalue weighted by atomic mass is 16.1. The predicted octanol–water partition coefficient (Wildman–Crippen LogP) is 2.39. The summed E-state index contributed by atoms with van der Waals surface area (Å²) in [6, 6.07) is 13.5. The standard InChI is InChI=1S/C17H17N3O2/c1-2-11-6-8-12(9-7-11)10-18-14-5-3-4-13-15(14)17(22)20-19-16(13)21/h3-9,18H,2,10H2,1H3,(H,19,21)(H,20,22). The summed E-state index contributed by atoms with van der Waals surface area (Å²) in [7, 11) is 0. The summed E-state index contributed by atoms with van der Waals surface area (Å²) in [6.45, 7) is 2.71. The van der Waals surface area contributed by atoms with E-state index in [1.54, 1.807) is 18.2 Å². The van der Waals surface area contributed by atoms with Crippen LogP contribution in [-0.2, 0) is 13.0 Å². The molecule has 0 amide bonds. The summed E-state index contributed by atoms with van der Waals surface area (Å²) in [4.78, 5) is 23.8. The van der Waals surface area contributed by atoms with Gasteiger partial charge in [-0.25, -0.2) is 0 Å². The Kier molecular flexibility index (Phi) is 3.78. The zero-order valence-electron chi connectivity index (χ0n) is 12.3. The number of hydrogen-bond donors (Lipinski definition) is 3. The Morgan fingerprint density at radius 1 is 0.909 bits per heavy atom. The molecule has 3 aromatic rings. The molecular formula is C17H17N3O2. The molecule has 0 bridgehead atoms. The molecular weight excluding hydrogens is 278 g/mol. The summed E-state index contributed by atoms with van der Waals surface area (Å²) >= 11 is 0. The van der Waals surface area contributed by atoms with Crippen molar-refractivity contribution in [2.24, 2.45) is 0 Å². The van der Waals surface area contributed by atoms with Gasteiger partial charge in [0.05, 0.1) is 10.8 Å². The lowest BCUT2D eigenvalue weighted by Gasteiger charge is -2.09. The van der Waals surface area contributed by atoms with E-state index in [1.807, 2.05) is 0 Å². The molecule has 22 heavy (non-hydrogen) atoms. The van der Waals surface area contributed by atoms with Crippen molar-refractivity contribution in [3.63, 3.8) is 0 Å². The Balaban J connectivity index is 1.92. The topological polar surface area (TPSA) is 77.8 Å². The van der Waals surface area contributed by atoms with E-state index < -0.39 is 0 Å². The summed E-state index contributed by atoms with van der Waals surface area (Å²) in [5.41, 5.74) is 2.46. The van der Waals surface area contributed by atoms with Crippen LogP contribution >= 0.6 is 0 Å². The molecule has 0 spiro atoms. The number of nitrogens with one attached hydrogen (secondary N) is 3. The van der Waals surface area contributed by atoms with Gasteiger partial charge in [-0.3, -0.25) is 19.8 Å². The number of rotatable bonds is 4. The average Bonchev–Trinajstić information content (AvgIpc) is 2.56. The fourth-order valence-electron chi connectivity index (χ4n) is 2.47. The van der Waals surface area contributed by atoms with E-state index in [0.717, 1.165) is 12.0 Å². The first kappa shape index (κ1) is 14.1. The molecule has 0 saturated heterocycles. The van der Waals surface area contributed by atoms with E-state index in [2.05, 4.69) is 46.7 Å². The van der Waals surface area contributed by atoms with Crippen molar-refractivity contribution in [3.8, 4) is 0 Å². The van der Waals surface area contributed by atoms with Crippen LogP contribution in [0.15, 0.2) is 52.1 Å². The van der Waals surface area contributed by atoms with Crippen LogP contribution < -0.4 is 16.4 Å². The molecule has 0 aliphatic heterocycles. The lowest BCUT2D eigenvalue weighted by Crippen LogP contribution is -2.20. The van der Waals surface area contributed by atoms with Crippen molar-refractivity contribution in [2.45, 2.75) is 19.9 Å². The highest BCUT2D eigenvalue weighted by Crippen LogP contribution is 2.17. The first-order chi connectivity index (χ1) is 10.7. The summed E-state index contributed by atoms with van der Waals surface area (Å²) in [6.07, 6.45) is 1.01. The van der Waals surface area contributed by atoms with Gasteiger partial charge in [-0.15, -0.1) is 0 Å². The van der Waals surface area contributed by atoms with E-state index in [4.69, 9.17) is 0 Å². The van der Waals surface area contributed by atoms with Crippen molar-refractivity contribution < 1.29 is 0 Å². The minimum absolute atomic E-state index is 0.300. The number of aromatic amines is 2. The van der Waals surface area contributed by atoms with E-state index >= 15 is 0 Å². The second-order valence-corrected chi connectivity index (χ2v) is 5.16. The monoisotopic (exact) mass is 295 g/mol. The van der Waals surface area contributed by atoms with E-state index in [9.17, 15) is 9.59 Å². The van der Waals surface area contributed by atoms with Crippen molar-refractivity contribution >= 4 is 16.5 Å². The SMILES string of the molecule is CCc1ccc(CNc2cccc3c(=O)[nH][nH]c(=O)c23)cc1. The largest absolute Gasteiger partial charge is 0.380 e. The number of fused-ring (bicyclic) bond motifs is 1. The molecule has 3 rings (SSSR count). The molecule has 0 atom stereocenters. The van der Waals surface area contributed by atoms with Gasteiger partial charge in [-0.05, 0) is 29.7 Å². The number of aromatic nitrogens is 2. The van der Waals surface area contributed by atoms with Gasteiger partial charge in [0.1, 0.15) is 0 Å². The van der Waals surface area contributed by atoms with Crippen molar-refractivity contribution in [1.82, 2.24) is 10.2 Å². The summed E-state index contributed by atoms with van der Waals surface area (Å²) in [5.74, 6) is 0. The number of benzene rings is 2. The van der Waals surface area contributed by atoms with Gasteiger partial charge >= 0.3 is 0 Å². The molecule has 0 aliphatic carbocycles. The normalized spacial score (nSPS) is 10.8. The molecule has 1 heterocycles. The molecule has 3 N–H and O–H groups in total. The van der Waals surface area contributed by atoms with Gasteiger partial charge in [0.2, 0.25) is 0 Å². The maximum absolute atomic E-state index is 12.0. The molecule has 0 saturated carbocycles. The average molecular weight is 295 g/mol. The van der Waals surface area contributed by atoms with Crippen LogP contribution in [0, 0.1) is 0 Å². The highest BCUT2D eigenvalue weighted by molar-refractivity contribution is 5.92. The van der Waals surface area contributed by atoms with E-state index in [-0.39, 0.29) is 11.1 Å². The van der Waals surface area contributed by atoms with Crippen LogP contribution in [0.1, 0.15) is 18.1 Å². The number of anilines is 1. The third-order valence-electron chi connectivity index (χ3n) is 3.74. The van der Waals surface area contributed by atoms with Crippen molar-refractivity contribution in [1.29, 1.82) is 0 Å². The number of H-pyrrole nitrogens is 2. The lowest BCUT2D eigenvalue weighted by atomic mass is 10.1. The zero-order chi connectivity index (χ0) is 15.5. The van der Waals surface area contributed by atoms with Crippen LogP contribution in [-0.4, -0.2) is 10.2 Å². The Morgan fingerprint density at radius 3 is 2.32 bits per heavy atom. The first-order valence-corrected chi connectivity index (χ1v) is 7.24. The van der Waals surface area contributed by atoms with Crippen LogP contribution in [0.3, 0.4) is 0 Å². The fraction of sp³-hybridized carbons (Fsp3) is 0.176. The second-order valence-electron chi connectivity index (χ2n) is 5.16. The fourth-order valence-corrected chi connectivity index (χ4v) is 2.47. The molecule has 5 nitrogen and oxygen atoms in total. The highest BCUT2D eigenvalue weighted by Gasteiger charge is 2.07. The van der Waals surface area contributed by atoms with Crippen LogP contribution in [0.25, 0.3) is 10.8 Å². The molecule has 0 radical (unpaired) electrons. The maximum Gasteiger partial charge on any atom is 0.272 e. The van der Waals surface area contributed by atoms with Crippen molar-refractivity contribution in [3.05, 3.63) is 74.3 Å². The smallest absolute Gasteiger partial charge is 0.272 e. The zero-order valence-corrected chi connectivity index (χ0v) is 12.3. The van der Waals surface area contributed by atoms with Gasteiger partial charge in [0.15, 0.2) is 0 Å². The number of aryl methyl sites for hydroxylation is 1. The number of hydrogen-bond acceptors (Lipinski definition) is 3. The molecule has 0 aliphatic rings. The van der Waals surface area contributed by atoms with E-state index in [1.165, 1.54) is 5.56 Å². The maximum atomic E-state index is 12.0. The third-order valence-corrected chi connectivity index (χ3v) is 3.74. The van der Waals surface area contributed by atoms with Crippen LogP contribution in [0.5, 0.6) is 0 Å². The quantitative estimate of drug-likeness (QED) is 0.691. The van der Waals surface area contributed by atoms with Crippen LogP contribution in [0.2, 0.25) is 0 Å². The predicted molar refractivity (Wildman–Crippen MR) is 88.3 cm³/mol. The molecule has 2 aromatic carbocycles. The van der Waals surface area contributed by atoms with Gasteiger partial charge in [0.25, 0.3) is 11.1 Å². The minimum atomic E-state index is -0.306. The third kappa shape index (κ3) is 2.65. The molecule has 112 valence electrons. The van der Waals surface area contributed by atoms with Gasteiger partial charge in [0, 0.05) is 12.2 Å². The molecule has 1 aromatic heterocycles. The summed E-state index contributed by atoms with van der Waals surface area (Å²) < 4.78 is 0. The van der Waals surface area contributed by atoms with Gasteiger partial charge < -0.3 is 5.32 Å². The molecule has 0 fully saturated rings. The Hall–Kier alpha value is -2.82. The van der Waals surface area contributed by atoms with Gasteiger partial charge in [-0.2, -0.15) is 0 Å². The van der Waals surface area contributed by atoms with Crippen molar-refractivity contribution in [2.75, 3.05) is 5.32 Å². The lowest BCUT2D eigenvalue weighted by molar-refractivity contribution is 0.976. The summed E-state index contributed by atoms with van der Waals surface area (Å²) in [5, 5.41) is 8.71. The Morgan fingerprint density at radius 2 is 1.59 bits per heavy atom. The van der Waals surface area contributed by atoms with Gasteiger partial charge in [-0.1, -0.05) is 37.3 Å². The second kappa shape index (κ2) is 5.89. The Bertz CT molecular complexity index is 908. The van der Waals surface area contributed by atoms with Crippen LogP contribution in [0.4, 0.5) is 5.69 Å².